The molecule has 6 heteroatoms. The number of hydrogen-bond donors (Lipinski definition) is 2. The van der Waals surface area contributed by atoms with E-state index in [9.17, 15) is 9.59 Å². The van der Waals surface area contributed by atoms with Crippen LogP contribution in [0.2, 0.25) is 0 Å². The summed E-state index contributed by atoms with van der Waals surface area (Å²) in [5.74, 6) is 0.595. The van der Waals surface area contributed by atoms with Crippen molar-refractivity contribution in [3.63, 3.8) is 0 Å². The van der Waals surface area contributed by atoms with Crippen molar-refractivity contribution in [3.05, 3.63) is 60.7 Å². The van der Waals surface area contributed by atoms with E-state index >= 15 is 0 Å². The van der Waals surface area contributed by atoms with Gasteiger partial charge >= 0.3 is 0 Å². The first-order valence-electron chi connectivity index (χ1n) is 8.42. The van der Waals surface area contributed by atoms with Gasteiger partial charge in [-0.05, 0) is 35.0 Å². The van der Waals surface area contributed by atoms with E-state index in [-0.39, 0.29) is 18.4 Å². The number of amides is 2. The van der Waals surface area contributed by atoms with Crippen molar-refractivity contribution in [1.82, 2.24) is 0 Å². The van der Waals surface area contributed by atoms with E-state index in [1.54, 1.807) is 18.2 Å². The fourth-order valence-corrected chi connectivity index (χ4v) is 2.64. The van der Waals surface area contributed by atoms with E-state index in [1.807, 2.05) is 42.5 Å². The lowest BCUT2D eigenvalue weighted by Gasteiger charge is -2.13. The molecular formula is C21H20N2O4. The van der Waals surface area contributed by atoms with Gasteiger partial charge in [0.25, 0.3) is 5.91 Å². The fourth-order valence-electron chi connectivity index (χ4n) is 2.64. The third kappa shape index (κ3) is 4.76. The summed E-state index contributed by atoms with van der Waals surface area (Å²) in [7, 11) is 1.53. The molecule has 6 nitrogen and oxygen atoms in total. The number of nitrogens with one attached hydrogen (secondary N) is 2. The first kappa shape index (κ1) is 18.3. The highest BCUT2D eigenvalue weighted by molar-refractivity contribution is 5.99. The highest BCUT2D eigenvalue weighted by Crippen LogP contribution is 2.27. The number of anilines is 2. The molecule has 0 unspecified atom stereocenters. The largest absolute Gasteiger partial charge is 0.497 e. The van der Waals surface area contributed by atoms with E-state index in [0.29, 0.717) is 22.9 Å². The van der Waals surface area contributed by atoms with Crippen LogP contribution in [0.15, 0.2) is 60.7 Å². The summed E-state index contributed by atoms with van der Waals surface area (Å²) in [6, 6.07) is 18.6. The lowest BCUT2D eigenvalue weighted by atomic mass is 10.1. The Labute approximate surface area is 157 Å². The van der Waals surface area contributed by atoms with E-state index in [2.05, 4.69) is 10.6 Å². The molecule has 0 aliphatic rings. The zero-order valence-corrected chi connectivity index (χ0v) is 15.1. The molecule has 138 valence electrons. The summed E-state index contributed by atoms with van der Waals surface area (Å²) in [5, 5.41) is 7.55. The molecule has 27 heavy (non-hydrogen) atoms. The average molecular weight is 364 g/mol. The SMILES string of the molecule is COc1ccc(NC(C)=O)c(NC(=O)COc2ccc3ccccc3c2)c1. The van der Waals surface area contributed by atoms with Crippen LogP contribution < -0.4 is 20.1 Å². The summed E-state index contributed by atoms with van der Waals surface area (Å²) < 4.78 is 10.8. The van der Waals surface area contributed by atoms with E-state index in [4.69, 9.17) is 9.47 Å². The van der Waals surface area contributed by atoms with E-state index in [0.717, 1.165) is 10.8 Å². The Morgan fingerprint density at radius 1 is 0.852 bits per heavy atom. The molecule has 0 aliphatic heterocycles. The molecule has 3 aromatic rings. The predicted octanol–water partition coefficient (Wildman–Crippen LogP) is 3.82. The van der Waals surface area contributed by atoms with Crippen molar-refractivity contribution in [2.75, 3.05) is 24.4 Å². The van der Waals surface area contributed by atoms with Crippen molar-refractivity contribution in [3.8, 4) is 11.5 Å². The summed E-state index contributed by atoms with van der Waals surface area (Å²) in [6.07, 6.45) is 0. The molecule has 0 fully saturated rings. The first-order chi connectivity index (χ1) is 13.0. The summed E-state index contributed by atoms with van der Waals surface area (Å²) in [5.41, 5.74) is 0.930. The van der Waals surface area contributed by atoms with Crippen LogP contribution in [-0.2, 0) is 9.59 Å². The topological polar surface area (TPSA) is 76.7 Å². The maximum atomic E-state index is 12.3. The average Bonchev–Trinajstić information content (AvgIpc) is 2.67. The van der Waals surface area contributed by atoms with E-state index in [1.165, 1.54) is 14.0 Å². The molecule has 0 bridgehead atoms. The highest BCUT2D eigenvalue weighted by Gasteiger charge is 2.10. The number of ether oxygens (including phenoxy) is 2. The van der Waals surface area contributed by atoms with Crippen molar-refractivity contribution in [2.24, 2.45) is 0 Å². The van der Waals surface area contributed by atoms with Crippen molar-refractivity contribution >= 4 is 34.0 Å². The Bertz CT molecular complexity index is 985. The number of carbonyl (C=O) groups is 2. The van der Waals surface area contributed by atoms with Crippen LogP contribution >= 0.6 is 0 Å². The molecule has 0 radical (unpaired) electrons. The zero-order valence-electron chi connectivity index (χ0n) is 15.1. The molecule has 0 atom stereocenters. The van der Waals surface area contributed by atoms with Gasteiger partial charge in [-0.3, -0.25) is 9.59 Å². The standard InChI is InChI=1S/C21H20N2O4/c1-14(24)22-19-10-9-17(26-2)12-20(19)23-21(25)13-27-18-8-7-15-5-3-4-6-16(15)11-18/h3-12H,13H2,1-2H3,(H,22,24)(H,23,25). The van der Waals surface area contributed by atoms with Crippen molar-refractivity contribution < 1.29 is 19.1 Å². The zero-order chi connectivity index (χ0) is 19.2. The monoisotopic (exact) mass is 364 g/mol. The smallest absolute Gasteiger partial charge is 0.262 e. The third-order valence-electron chi connectivity index (χ3n) is 3.90. The van der Waals surface area contributed by atoms with Gasteiger partial charge in [-0.1, -0.05) is 30.3 Å². The van der Waals surface area contributed by atoms with Crippen LogP contribution in [0.1, 0.15) is 6.92 Å². The Morgan fingerprint density at radius 3 is 2.33 bits per heavy atom. The van der Waals surface area contributed by atoms with Crippen LogP contribution in [0, 0.1) is 0 Å². The maximum absolute atomic E-state index is 12.3. The molecule has 3 aromatic carbocycles. The third-order valence-corrected chi connectivity index (χ3v) is 3.90. The summed E-state index contributed by atoms with van der Waals surface area (Å²) in [4.78, 5) is 23.6. The predicted molar refractivity (Wildman–Crippen MR) is 105 cm³/mol. The van der Waals surface area contributed by atoms with Gasteiger partial charge in [0.1, 0.15) is 11.5 Å². The molecule has 0 saturated heterocycles. The normalized spacial score (nSPS) is 10.3. The molecule has 2 N–H and O–H groups in total. The molecule has 3 rings (SSSR count). The fraction of sp³-hybridized carbons (Fsp3) is 0.143. The molecule has 0 aromatic heterocycles. The van der Waals surface area contributed by atoms with Gasteiger partial charge in [0.2, 0.25) is 5.91 Å². The Hall–Kier alpha value is -3.54. The van der Waals surface area contributed by atoms with Gasteiger partial charge in [-0.2, -0.15) is 0 Å². The van der Waals surface area contributed by atoms with Crippen LogP contribution in [0.4, 0.5) is 11.4 Å². The second-order valence-corrected chi connectivity index (χ2v) is 5.94. The van der Waals surface area contributed by atoms with Gasteiger partial charge < -0.3 is 20.1 Å². The molecule has 2 amide bonds. The number of carbonyl (C=O) groups excluding carboxylic acids is 2. The number of hydrogen-bond acceptors (Lipinski definition) is 4. The minimum Gasteiger partial charge on any atom is -0.497 e. The van der Waals surface area contributed by atoms with Crippen LogP contribution in [0.3, 0.4) is 0 Å². The van der Waals surface area contributed by atoms with Crippen molar-refractivity contribution in [2.45, 2.75) is 6.92 Å². The Morgan fingerprint density at radius 2 is 1.59 bits per heavy atom. The summed E-state index contributed by atoms with van der Waals surface area (Å²) >= 11 is 0. The number of rotatable bonds is 6. The molecule has 0 aliphatic carbocycles. The Kier molecular flexibility index (Phi) is 5.56. The molecule has 0 heterocycles. The second kappa shape index (κ2) is 8.23. The van der Waals surface area contributed by atoms with Gasteiger partial charge in [0, 0.05) is 13.0 Å². The van der Waals surface area contributed by atoms with E-state index < -0.39 is 0 Å². The highest BCUT2D eigenvalue weighted by atomic mass is 16.5. The van der Waals surface area contributed by atoms with Gasteiger partial charge in [0.05, 0.1) is 18.5 Å². The molecular weight excluding hydrogens is 344 g/mol. The van der Waals surface area contributed by atoms with Crippen LogP contribution in [-0.4, -0.2) is 25.5 Å². The van der Waals surface area contributed by atoms with Crippen LogP contribution in [0.5, 0.6) is 11.5 Å². The van der Waals surface area contributed by atoms with Gasteiger partial charge in [-0.15, -0.1) is 0 Å². The Balaban J connectivity index is 1.68. The summed E-state index contributed by atoms with van der Waals surface area (Å²) in [6.45, 7) is 1.24. The lowest BCUT2D eigenvalue weighted by Crippen LogP contribution is -2.21. The second-order valence-electron chi connectivity index (χ2n) is 5.94. The number of methoxy groups -OCH3 is 1. The number of fused-ring (bicyclic) bond motifs is 1. The van der Waals surface area contributed by atoms with Gasteiger partial charge in [-0.25, -0.2) is 0 Å². The first-order valence-corrected chi connectivity index (χ1v) is 8.42. The molecule has 0 spiro atoms. The van der Waals surface area contributed by atoms with Crippen LogP contribution in [0.25, 0.3) is 10.8 Å². The molecule has 0 saturated carbocycles. The quantitative estimate of drug-likeness (QED) is 0.697. The minimum atomic E-state index is -0.344. The lowest BCUT2D eigenvalue weighted by molar-refractivity contribution is -0.118. The van der Waals surface area contributed by atoms with Gasteiger partial charge in [0.15, 0.2) is 6.61 Å². The minimum absolute atomic E-state index is 0.158. The number of benzene rings is 3. The van der Waals surface area contributed by atoms with Crippen molar-refractivity contribution in [1.29, 1.82) is 0 Å². The maximum Gasteiger partial charge on any atom is 0.262 e.